The van der Waals surface area contributed by atoms with Crippen LogP contribution in [0.5, 0.6) is 5.75 Å². The molecule has 0 fully saturated rings. The smallest absolute Gasteiger partial charge is 0.229 e. The number of H-pyrrole nitrogens is 1. The van der Waals surface area contributed by atoms with Crippen LogP contribution < -0.4 is 20.8 Å². The molecule has 1 aromatic carbocycles. The Morgan fingerprint density at radius 1 is 1.34 bits per heavy atom. The van der Waals surface area contributed by atoms with Crippen molar-refractivity contribution in [3.05, 3.63) is 58.3 Å². The Balaban J connectivity index is 2.50. The van der Waals surface area contributed by atoms with E-state index in [1.807, 2.05) is 39.0 Å². The summed E-state index contributed by atoms with van der Waals surface area (Å²) in [5.41, 5.74) is 3.08. The van der Waals surface area contributed by atoms with E-state index in [-0.39, 0.29) is 0 Å². The van der Waals surface area contributed by atoms with Crippen LogP contribution in [0.2, 0.25) is 0 Å². The lowest BCUT2D eigenvalue weighted by molar-refractivity contribution is 0.359. The minimum absolute atomic E-state index is 0.473. The number of allylic oxidation sites excluding steroid dienone is 2. The van der Waals surface area contributed by atoms with Crippen molar-refractivity contribution in [3.63, 3.8) is 0 Å². The van der Waals surface area contributed by atoms with Crippen LogP contribution >= 0.6 is 0 Å². The lowest BCUT2D eigenvalue weighted by atomic mass is 10.1. The van der Waals surface area contributed by atoms with Crippen LogP contribution in [-0.2, 0) is 4.74 Å². The van der Waals surface area contributed by atoms with E-state index < -0.39 is 0 Å². The number of hydrogen-bond acceptors (Lipinski definition) is 5. The van der Waals surface area contributed by atoms with Crippen LogP contribution in [0.3, 0.4) is 0 Å². The molecule has 0 saturated heterocycles. The average Bonchev–Trinajstić information content (AvgIpc) is 3.17. The molecular formula is C25H31N5O2. The molecule has 0 atom stereocenters. The Morgan fingerprint density at radius 3 is 2.66 bits per heavy atom. The van der Waals surface area contributed by atoms with Crippen LogP contribution in [0.25, 0.3) is 17.5 Å². The van der Waals surface area contributed by atoms with Gasteiger partial charge in [0.2, 0.25) is 5.95 Å². The maximum Gasteiger partial charge on any atom is 0.229 e. The first-order valence-electron chi connectivity index (χ1n) is 10.4. The summed E-state index contributed by atoms with van der Waals surface area (Å²) >= 11 is 0. The van der Waals surface area contributed by atoms with Crippen LogP contribution in [0.4, 0.5) is 5.95 Å². The summed E-state index contributed by atoms with van der Waals surface area (Å²) in [6.45, 7) is 11.7. The number of rotatable bonds is 8. The zero-order chi connectivity index (χ0) is 23.7. The van der Waals surface area contributed by atoms with Crippen LogP contribution in [0, 0.1) is 11.3 Å². The molecule has 0 aliphatic rings. The van der Waals surface area contributed by atoms with Crippen LogP contribution in [-0.4, -0.2) is 30.0 Å². The van der Waals surface area contributed by atoms with E-state index in [2.05, 4.69) is 34.9 Å². The molecule has 1 heterocycles. The van der Waals surface area contributed by atoms with Crippen molar-refractivity contribution in [1.82, 2.24) is 15.3 Å². The van der Waals surface area contributed by atoms with Gasteiger partial charge in [-0.2, -0.15) is 10.3 Å². The molecule has 1 aromatic heterocycles. The number of nitrogens with zero attached hydrogens (tertiary/aromatic N) is 3. The number of amidine groups is 1. The van der Waals surface area contributed by atoms with E-state index in [0.29, 0.717) is 28.4 Å². The second-order valence-corrected chi connectivity index (χ2v) is 7.24. The second kappa shape index (κ2) is 11.6. The van der Waals surface area contributed by atoms with Crippen molar-refractivity contribution in [2.75, 3.05) is 14.2 Å². The SMILES string of the molecule is C=C(C)/C=c1/[nH]c(/N=C(\CCC)N/C(=C\C)c2ccc(OC)c(C#N)c2)n/c1=C(/C)OC. The highest BCUT2D eigenvalue weighted by molar-refractivity contribution is 5.92. The molecule has 2 rings (SSSR count). The molecule has 0 amide bonds. The topological polar surface area (TPSA) is 95.3 Å². The number of aromatic nitrogens is 2. The summed E-state index contributed by atoms with van der Waals surface area (Å²) in [4.78, 5) is 12.6. The fourth-order valence-corrected chi connectivity index (χ4v) is 3.08. The van der Waals surface area contributed by atoms with Crippen molar-refractivity contribution in [3.8, 4) is 11.8 Å². The Kier molecular flexibility index (Phi) is 8.84. The molecule has 7 nitrogen and oxygen atoms in total. The number of nitrogens with one attached hydrogen (secondary N) is 2. The van der Waals surface area contributed by atoms with Gasteiger partial charge in [-0.1, -0.05) is 25.2 Å². The molecule has 0 aliphatic heterocycles. The summed E-state index contributed by atoms with van der Waals surface area (Å²) < 4.78 is 10.6. The summed E-state index contributed by atoms with van der Waals surface area (Å²) in [5, 5.41) is 14.3. The van der Waals surface area contributed by atoms with Gasteiger partial charge in [-0.3, -0.25) is 0 Å². The number of aromatic amines is 1. The molecule has 0 radical (unpaired) electrons. The molecule has 2 aromatic rings. The van der Waals surface area contributed by atoms with Gasteiger partial charge in [-0.05, 0) is 57.0 Å². The third-order valence-electron chi connectivity index (χ3n) is 4.68. The molecule has 0 bridgehead atoms. The highest BCUT2D eigenvalue weighted by atomic mass is 16.5. The Labute approximate surface area is 189 Å². The van der Waals surface area contributed by atoms with Crippen molar-refractivity contribution in [2.24, 2.45) is 4.99 Å². The van der Waals surface area contributed by atoms with Gasteiger partial charge in [-0.25, -0.2) is 4.98 Å². The van der Waals surface area contributed by atoms with Gasteiger partial charge in [0.25, 0.3) is 0 Å². The fraction of sp³-hybridized carbons (Fsp3) is 0.320. The molecule has 32 heavy (non-hydrogen) atoms. The summed E-state index contributed by atoms with van der Waals surface area (Å²) in [7, 11) is 3.17. The number of ether oxygens (including phenoxy) is 2. The van der Waals surface area contributed by atoms with Crippen molar-refractivity contribution in [1.29, 1.82) is 5.26 Å². The zero-order valence-corrected chi connectivity index (χ0v) is 19.7. The molecule has 0 saturated carbocycles. The molecule has 0 spiro atoms. The quantitative estimate of drug-likeness (QED) is 0.486. The lowest BCUT2D eigenvalue weighted by Crippen LogP contribution is -2.27. The van der Waals surface area contributed by atoms with Gasteiger partial charge in [0.05, 0.1) is 25.1 Å². The van der Waals surface area contributed by atoms with Gasteiger partial charge >= 0.3 is 0 Å². The number of methoxy groups -OCH3 is 2. The molecule has 0 unspecified atom stereocenters. The first-order valence-corrected chi connectivity index (χ1v) is 10.4. The molecule has 0 aliphatic carbocycles. The van der Waals surface area contributed by atoms with Gasteiger partial charge in [0, 0.05) is 12.1 Å². The third kappa shape index (κ3) is 6.11. The maximum absolute atomic E-state index is 9.42. The normalized spacial score (nSPS) is 13.5. The fourth-order valence-electron chi connectivity index (χ4n) is 3.08. The second-order valence-electron chi connectivity index (χ2n) is 7.24. The minimum atomic E-state index is 0.473. The first-order chi connectivity index (χ1) is 15.4. The standard InChI is InChI=1S/C25H31N5O2/c1-8-10-23(27-20(9-2)18-11-12-22(32-7)19(14-18)15-26)29-25-28-21(13-16(3)4)24(30-25)17(5)31-6/h9,11-14H,3,8,10H2,1-2,4-7H3,(H2,27,28,29,30)/b20-9-,21-13+,24-17-. The highest BCUT2D eigenvalue weighted by Gasteiger charge is 2.10. The van der Waals surface area contributed by atoms with Crippen LogP contribution in [0.15, 0.2) is 41.4 Å². The monoisotopic (exact) mass is 433 g/mol. The molecule has 2 N–H and O–H groups in total. The number of aliphatic imine (C=N–C) groups is 1. The summed E-state index contributed by atoms with van der Waals surface area (Å²) in [5.74, 6) is 2.47. The van der Waals surface area contributed by atoms with E-state index in [4.69, 9.17) is 14.5 Å². The van der Waals surface area contributed by atoms with E-state index >= 15 is 0 Å². The largest absolute Gasteiger partial charge is 0.499 e. The number of benzene rings is 1. The Bertz CT molecular complexity index is 1200. The minimum Gasteiger partial charge on any atom is -0.499 e. The number of hydrogen-bond donors (Lipinski definition) is 2. The number of nitriles is 1. The van der Waals surface area contributed by atoms with E-state index in [0.717, 1.165) is 40.9 Å². The average molecular weight is 434 g/mol. The molecule has 7 heteroatoms. The third-order valence-corrected chi connectivity index (χ3v) is 4.68. The Morgan fingerprint density at radius 2 is 2.09 bits per heavy atom. The predicted octanol–water partition coefficient (Wildman–Crippen LogP) is 3.90. The van der Waals surface area contributed by atoms with E-state index in [1.54, 1.807) is 26.4 Å². The van der Waals surface area contributed by atoms with E-state index in [1.165, 1.54) is 0 Å². The van der Waals surface area contributed by atoms with Gasteiger partial charge in [-0.15, -0.1) is 0 Å². The first kappa shape index (κ1) is 24.5. The maximum atomic E-state index is 9.42. The predicted molar refractivity (Wildman–Crippen MR) is 130 cm³/mol. The highest BCUT2D eigenvalue weighted by Crippen LogP contribution is 2.22. The Hall–Kier alpha value is -3.79. The lowest BCUT2D eigenvalue weighted by Gasteiger charge is -2.14. The molecular weight excluding hydrogens is 402 g/mol. The van der Waals surface area contributed by atoms with E-state index in [9.17, 15) is 5.26 Å². The van der Waals surface area contributed by atoms with Crippen molar-refractivity contribution >= 4 is 29.3 Å². The van der Waals surface area contributed by atoms with Crippen molar-refractivity contribution in [2.45, 2.75) is 40.5 Å². The molecule has 168 valence electrons. The van der Waals surface area contributed by atoms with Crippen molar-refractivity contribution < 1.29 is 9.47 Å². The zero-order valence-electron chi connectivity index (χ0n) is 19.7. The van der Waals surface area contributed by atoms with Crippen LogP contribution in [0.1, 0.15) is 51.7 Å². The van der Waals surface area contributed by atoms with Gasteiger partial charge in [0.1, 0.15) is 28.8 Å². The number of imidazole rings is 1. The summed E-state index contributed by atoms with van der Waals surface area (Å²) in [6, 6.07) is 7.67. The van der Waals surface area contributed by atoms with Gasteiger partial charge < -0.3 is 19.8 Å². The van der Waals surface area contributed by atoms with Gasteiger partial charge in [0.15, 0.2) is 0 Å². The summed E-state index contributed by atoms with van der Waals surface area (Å²) in [6.07, 6.45) is 5.48.